The molecule has 2 rings (SSSR count). The number of nitrogens with one attached hydrogen (secondary N) is 1. The summed E-state index contributed by atoms with van der Waals surface area (Å²) in [7, 11) is 0. The van der Waals surface area contributed by atoms with E-state index in [1.54, 1.807) is 38.1 Å². The van der Waals surface area contributed by atoms with Crippen LogP contribution in [-0.2, 0) is 25.5 Å². The van der Waals surface area contributed by atoms with Gasteiger partial charge in [0.1, 0.15) is 6.54 Å². The van der Waals surface area contributed by atoms with Gasteiger partial charge in [-0.25, -0.2) is 0 Å². The molecule has 7 heteroatoms. The molecule has 0 fully saturated rings. The summed E-state index contributed by atoms with van der Waals surface area (Å²) >= 11 is 0. The van der Waals surface area contributed by atoms with E-state index in [4.69, 9.17) is 4.74 Å². The zero-order chi connectivity index (χ0) is 17.9. The van der Waals surface area contributed by atoms with Gasteiger partial charge in [-0.2, -0.15) is 0 Å². The zero-order valence-corrected chi connectivity index (χ0v) is 13.9. The molecule has 0 saturated carbocycles. The van der Waals surface area contributed by atoms with Gasteiger partial charge < -0.3 is 10.1 Å². The van der Waals surface area contributed by atoms with Gasteiger partial charge in [0.2, 0.25) is 5.91 Å². The molecule has 24 heavy (non-hydrogen) atoms. The Kier molecular flexibility index (Phi) is 5.33. The number of benzene rings is 1. The zero-order valence-electron chi connectivity index (χ0n) is 13.9. The van der Waals surface area contributed by atoms with Crippen LogP contribution >= 0.6 is 0 Å². The smallest absolute Gasteiger partial charge is 0.326 e. The fourth-order valence-electron chi connectivity index (χ4n) is 2.38. The van der Waals surface area contributed by atoms with Crippen molar-refractivity contribution in [1.82, 2.24) is 10.2 Å². The summed E-state index contributed by atoms with van der Waals surface area (Å²) < 4.78 is 5.00. The molecule has 1 aromatic rings. The van der Waals surface area contributed by atoms with Crippen molar-refractivity contribution >= 4 is 23.7 Å². The maximum atomic E-state index is 12.3. The predicted octanol–water partition coefficient (Wildman–Crippen LogP) is 0.668. The molecule has 1 aliphatic heterocycles. The lowest BCUT2D eigenvalue weighted by molar-refractivity contribution is -0.157. The van der Waals surface area contributed by atoms with Crippen LogP contribution in [-0.4, -0.2) is 47.3 Å². The summed E-state index contributed by atoms with van der Waals surface area (Å²) in [6.07, 6.45) is -0.944. The lowest BCUT2D eigenvalue weighted by Gasteiger charge is -2.26. The Balaban J connectivity index is 2.00. The number of carbonyl (C=O) groups is 4. The number of esters is 1. The molecule has 0 aromatic heterocycles. The van der Waals surface area contributed by atoms with E-state index in [1.807, 2.05) is 0 Å². The molecule has 1 heterocycles. The van der Waals surface area contributed by atoms with Gasteiger partial charge in [-0.3, -0.25) is 24.1 Å². The van der Waals surface area contributed by atoms with Crippen LogP contribution in [0, 0.1) is 0 Å². The van der Waals surface area contributed by atoms with Crippen LogP contribution in [0.25, 0.3) is 0 Å². The first kappa shape index (κ1) is 17.7. The van der Waals surface area contributed by atoms with Gasteiger partial charge in [0, 0.05) is 11.6 Å². The van der Waals surface area contributed by atoms with Gasteiger partial charge in [-0.15, -0.1) is 0 Å². The van der Waals surface area contributed by atoms with Crippen molar-refractivity contribution in [3.63, 3.8) is 0 Å². The van der Waals surface area contributed by atoms with Gasteiger partial charge >= 0.3 is 5.97 Å². The number of carbonyl (C=O) groups excluding carboxylic acids is 4. The third kappa shape index (κ3) is 3.98. The number of amides is 3. The van der Waals surface area contributed by atoms with Crippen LogP contribution in [0.2, 0.25) is 0 Å². The summed E-state index contributed by atoms with van der Waals surface area (Å²) in [4.78, 5) is 49.0. The molecular weight excluding hydrogens is 312 g/mol. The standard InChI is InChI=1S/C17H20N2O5/c1-10(2)18-16(22)11(3)24-15(21)9-19-14(20)8-12-6-4-5-7-13(12)17(19)23/h4-7,10-11H,8-9H2,1-3H3,(H,18,22)/t11-/m0/s1. The van der Waals surface area contributed by atoms with E-state index in [2.05, 4.69) is 5.32 Å². The average molecular weight is 332 g/mol. The summed E-state index contributed by atoms with van der Waals surface area (Å²) in [6.45, 7) is 4.50. The number of hydrogen-bond acceptors (Lipinski definition) is 5. The van der Waals surface area contributed by atoms with E-state index in [9.17, 15) is 19.2 Å². The molecule has 1 aliphatic rings. The van der Waals surface area contributed by atoms with E-state index in [0.717, 1.165) is 4.90 Å². The van der Waals surface area contributed by atoms with Crippen LogP contribution in [0.4, 0.5) is 0 Å². The van der Waals surface area contributed by atoms with Gasteiger partial charge in [0.15, 0.2) is 6.10 Å². The molecule has 1 aromatic carbocycles. The summed E-state index contributed by atoms with van der Waals surface area (Å²) in [5.74, 6) is -2.23. The van der Waals surface area contributed by atoms with Gasteiger partial charge in [0.05, 0.1) is 6.42 Å². The Morgan fingerprint density at radius 2 is 1.88 bits per heavy atom. The summed E-state index contributed by atoms with van der Waals surface area (Å²) in [6, 6.07) is 6.68. The maximum absolute atomic E-state index is 12.3. The highest BCUT2D eigenvalue weighted by atomic mass is 16.5. The monoisotopic (exact) mass is 332 g/mol. The number of rotatable bonds is 5. The van der Waals surface area contributed by atoms with Crippen LogP contribution in [0.1, 0.15) is 36.7 Å². The average Bonchev–Trinajstić information content (AvgIpc) is 2.50. The topological polar surface area (TPSA) is 92.8 Å². The molecule has 7 nitrogen and oxygen atoms in total. The lowest BCUT2D eigenvalue weighted by atomic mass is 9.98. The molecule has 1 atom stereocenters. The number of ether oxygens (including phenoxy) is 1. The number of imide groups is 1. The van der Waals surface area contributed by atoms with Crippen LogP contribution < -0.4 is 5.32 Å². The Bertz CT molecular complexity index is 683. The van der Waals surface area contributed by atoms with E-state index < -0.39 is 36.3 Å². The van der Waals surface area contributed by atoms with Gasteiger partial charge in [-0.1, -0.05) is 18.2 Å². The first-order chi connectivity index (χ1) is 11.3. The molecule has 3 amide bonds. The molecule has 0 aliphatic carbocycles. The van der Waals surface area contributed by atoms with E-state index in [1.165, 1.54) is 6.92 Å². The molecular formula is C17H20N2O5. The summed E-state index contributed by atoms with van der Waals surface area (Å²) in [5.41, 5.74) is 1.04. The molecule has 0 saturated heterocycles. The van der Waals surface area contributed by atoms with Crippen LogP contribution in [0.15, 0.2) is 24.3 Å². The third-order valence-corrected chi connectivity index (χ3v) is 3.53. The van der Waals surface area contributed by atoms with Crippen molar-refractivity contribution in [2.24, 2.45) is 0 Å². The minimum Gasteiger partial charge on any atom is -0.451 e. The molecule has 128 valence electrons. The Morgan fingerprint density at radius 3 is 2.54 bits per heavy atom. The van der Waals surface area contributed by atoms with E-state index in [0.29, 0.717) is 11.1 Å². The number of hydrogen-bond donors (Lipinski definition) is 1. The SMILES string of the molecule is CC(C)NC(=O)[C@H](C)OC(=O)CN1C(=O)Cc2ccccc2C1=O. The van der Waals surface area contributed by atoms with Crippen molar-refractivity contribution in [3.8, 4) is 0 Å². The molecule has 0 spiro atoms. The second-order valence-electron chi connectivity index (χ2n) is 5.91. The van der Waals surface area contributed by atoms with Gasteiger partial charge in [0.25, 0.3) is 11.8 Å². The lowest BCUT2D eigenvalue weighted by Crippen LogP contribution is -2.47. The highest BCUT2D eigenvalue weighted by Crippen LogP contribution is 2.19. The van der Waals surface area contributed by atoms with Crippen LogP contribution in [0.3, 0.4) is 0 Å². The van der Waals surface area contributed by atoms with Crippen molar-refractivity contribution in [3.05, 3.63) is 35.4 Å². The highest BCUT2D eigenvalue weighted by molar-refractivity contribution is 6.11. The van der Waals surface area contributed by atoms with E-state index in [-0.39, 0.29) is 12.5 Å². The maximum Gasteiger partial charge on any atom is 0.326 e. The molecule has 0 bridgehead atoms. The third-order valence-electron chi connectivity index (χ3n) is 3.53. The first-order valence-electron chi connectivity index (χ1n) is 7.72. The Labute approximate surface area is 140 Å². The fraction of sp³-hybridized carbons (Fsp3) is 0.412. The van der Waals surface area contributed by atoms with Crippen LogP contribution in [0.5, 0.6) is 0 Å². The molecule has 0 radical (unpaired) electrons. The van der Waals surface area contributed by atoms with E-state index >= 15 is 0 Å². The Morgan fingerprint density at radius 1 is 1.21 bits per heavy atom. The van der Waals surface area contributed by atoms with Crippen molar-refractivity contribution in [2.45, 2.75) is 39.3 Å². The minimum atomic E-state index is -0.998. The second kappa shape index (κ2) is 7.25. The fourth-order valence-corrected chi connectivity index (χ4v) is 2.38. The molecule has 0 unspecified atom stereocenters. The quantitative estimate of drug-likeness (QED) is 0.632. The Hall–Kier alpha value is -2.70. The minimum absolute atomic E-state index is 0.0541. The highest BCUT2D eigenvalue weighted by Gasteiger charge is 2.33. The normalized spacial score (nSPS) is 15.1. The summed E-state index contributed by atoms with van der Waals surface area (Å²) in [5, 5.41) is 2.62. The second-order valence-corrected chi connectivity index (χ2v) is 5.91. The largest absolute Gasteiger partial charge is 0.451 e. The molecule has 1 N–H and O–H groups in total. The van der Waals surface area contributed by atoms with Crippen molar-refractivity contribution in [1.29, 1.82) is 0 Å². The predicted molar refractivity (Wildman–Crippen MR) is 85.0 cm³/mol. The van der Waals surface area contributed by atoms with Crippen molar-refractivity contribution in [2.75, 3.05) is 6.54 Å². The van der Waals surface area contributed by atoms with Gasteiger partial charge in [-0.05, 0) is 32.4 Å². The first-order valence-corrected chi connectivity index (χ1v) is 7.72. The number of fused-ring (bicyclic) bond motifs is 1. The van der Waals surface area contributed by atoms with Crippen molar-refractivity contribution < 1.29 is 23.9 Å². The number of nitrogens with zero attached hydrogens (tertiary/aromatic N) is 1.